The number of pyridine rings is 2. The van der Waals surface area contributed by atoms with Crippen molar-refractivity contribution < 1.29 is 9.47 Å². The van der Waals surface area contributed by atoms with Gasteiger partial charge in [-0.3, -0.25) is 0 Å². The smallest absolute Gasteiger partial charge is 0.141 e. The summed E-state index contributed by atoms with van der Waals surface area (Å²) in [6.45, 7) is 1.88. The first kappa shape index (κ1) is 18.4. The van der Waals surface area contributed by atoms with E-state index in [0.29, 0.717) is 38.0 Å². The van der Waals surface area contributed by atoms with E-state index in [1.807, 2.05) is 12.1 Å². The Bertz CT molecular complexity index is 1010. The summed E-state index contributed by atoms with van der Waals surface area (Å²) in [4.78, 5) is 11.3. The summed E-state index contributed by atoms with van der Waals surface area (Å²) in [5.74, 6) is 1.77. The number of benzene rings is 1. The van der Waals surface area contributed by atoms with Gasteiger partial charge in [0.1, 0.15) is 22.5 Å². The van der Waals surface area contributed by atoms with E-state index in [9.17, 15) is 0 Å². The Morgan fingerprint density at radius 2 is 1.63 bits per heavy atom. The molecule has 4 rings (SSSR count). The summed E-state index contributed by atoms with van der Waals surface area (Å²) >= 11 is 19.3. The molecule has 0 atom stereocenters. The van der Waals surface area contributed by atoms with E-state index < -0.39 is 0 Å². The van der Waals surface area contributed by atoms with Gasteiger partial charge in [0.2, 0.25) is 0 Å². The number of anilines is 1. The molecule has 0 amide bonds. The van der Waals surface area contributed by atoms with Crippen molar-refractivity contribution in [2.24, 2.45) is 0 Å². The van der Waals surface area contributed by atoms with Crippen molar-refractivity contribution in [3.8, 4) is 22.8 Å². The fourth-order valence-electron chi connectivity index (χ4n) is 3.11. The monoisotopic (exact) mass is 423 g/mol. The second-order valence-corrected chi connectivity index (χ2v) is 7.33. The van der Waals surface area contributed by atoms with Crippen LogP contribution in [0, 0.1) is 0 Å². The lowest BCUT2D eigenvalue weighted by atomic mass is 10.1. The summed E-state index contributed by atoms with van der Waals surface area (Å²) < 4.78 is 10.8. The van der Waals surface area contributed by atoms with Crippen molar-refractivity contribution in [3.63, 3.8) is 0 Å². The minimum absolute atomic E-state index is 0.381. The van der Waals surface area contributed by atoms with Crippen LogP contribution in [-0.2, 0) is 0 Å². The van der Waals surface area contributed by atoms with E-state index in [4.69, 9.17) is 49.3 Å². The van der Waals surface area contributed by atoms with E-state index in [1.54, 1.807) is 26.5 Å². The maximum absolute atomic E-state index is 6.58. The van der Waals surface area contributed by atoms with Gasteiger partial charge in [-0.25, -0.2) is 9.97 Å². The Labute approximate surface area is 171 Å². The number of ether oxygens (including phenoxy) is 2. The molecular weight excluding hydrogens is 409 g/mol. The van der Waals surface area contributed by atoms with Crippen LogP contribution < -0.4 is 14.4 Å². The number of rotatable bonds is 4. The SMILES string of the molecule is COc1cc(OC)c(Cl)c(-c2cc3cnc(Cl)cc3c(N3CCC3)n2)c1Cl. The van der Waals surface area contributed by atoms with Gasteiger partial charge in [-0.1, -0.05) is 34.8 Å². The van der Waals surface area contributed by atoms with Gasteiger partial charge in [-0.15, -0.1) is 0 Å². The van der Waals surface area contributed by atoms with E-state index in [0.717, 1.165) is 36.1 Å². The summed E-state index contributed by atoms with van der Waals surface area (Å²) in [7, 11) is 3.09. The van der Waals surface area contributed by atoms with Gasteiger partial charge in [-0.2, -0.15) is 0 Å². The number of methoxy groups -OCH3 is 2. The number of halogens is 3. The quantitative estimate of drug-likeness (QED) is 0.519. The lowest BCUT2D eigenvalue weighted by Crippen LogP contribution is -2.37. The van der Waals surface area contributed by atoms with E-state index in [-0.39, 0.29) is 0 Å². The van der Waals surface area contributed by atoms with Crippen molar-refractivity contribution in [1.29, 1.82) is 0 Å². The molecule has 3 heterocycles. The highest BCUT2D eigenvalue weighted by Gasteiger charge is 2.24. The fourth-order valence-corrected chi connectivity index (χ4v) is 3.96. The Morgan fingerprint density at radius 3 is 2.19 bits per heavy atom. The zero-order chi connectivity index (χ0) is 19.1. The topological polar surface area (TPSA) is 47.5 Å². The van der Waals surface area contributed by atoms with Gasteiger partial charge < -0.3 is 14.4 Å². The third-order valence-corrected chi connectivity index (χ3v) is 5.60. The normalized spacial score (nSPS) is 13.6. The summed E-state index contributed by atoms with van der Waals surface area (Å²) in [6, 6.07) is 5.39. The van der Waals surface area contributed by atoms with Crippen LogP contribution in [0.1, 0.15) is 6.42 Å². The second-order valence-electron chi connectivity index (χ2n) is 6.18. The Morgan fingerprint density at radius 1 is 0.963 bits per heavy atom. The minimum atomic E-state index is 0.381. The molecule has 140 valence electrons. The molecule has 0 bridgehead atoms. The predicted molar refractivity (Wildman–Crippen MR) is 110 cm³/mol. The molecule has 5 nitrogen and oxygen atoms in total. The molecule has 1 aliphatic heterocycles. The molecular formula is C19H16Cl3N3O2. The number of hydrogen-bond donors (Lipinski definition) is 0. The van der Waals surface area contributed by atoms with Crippen molar-refractivity contribution in [2.45, 2.75) is 6.42 Å². The molecule has 1 saturated heterocycles. The molecule has 0 radical (unpaired) electrons. The third kappa shape index (κ3) is 3.14. The van der Waals surface area contributed by atoms with Gasteiger partial charge in [0.15, 0.2) is 0 Å². The average molecular weight is 425 g/mol. The Kier molecular flexibility index (Phi) is 4.93. The van der Waals surface area contributed by atoms with Gasteiger partial charge >= 0.3 is 0 Å². The zero-order valence-corrected chi connectivity index (χ0v) is 17.0. The average Bonchev–Trinajstić information content (AvgIpc) is 2.61. The van der Waals surface area contributed by atoms with Crippen LogP contribution in [0.4, 0.5) is 5.82 Å². The van der Waals surface area contributed by atoms with Gasteiger partial charge in [0, 0.05) is 41.7 Å². The third-order valence-electron chi connectivity index (χ3n) is 4.65. The van der Waals surface area contributed by atoms with Crippen LogP contribution in [0.5, 0.6) is 11.5 Å². The van der Waals surface area contributed by atoms with E-state index in [2.05, 4.69) is 9.88 Å². The first-order valence-electron chi connectivity index (χ1n) is 8.35. The van der Waals surface area contributed by atoms with Crippen molar-refractivity contribution >= 4 is 51.4 Å². The molecule has 8 heteroatoms. The number of fused-ring (bicyclic) bond motifs is 1. The first-order valence-corrected chi connectivity index (χ1v) is 9.48. The summed E-state index contributed by atoms with van der Waals surface area (Å²) in [5, 5.41) is 3.04. The minimum Gasteiger partial charge on any atom is -0.495 e. The summed E-state index contributed by atoms with van der Waals surface area (Å²) in [5.41, 5.74) is 1.19. The van der Waals surface area contributed by atoms with Crippen LogP contribution >= 0.6 is 34.8 Å². The van der Waals surface area contributed by atoms with Crippen LogP contribution in [0.25, 0.3) is 22.0 Å². The molecule has 0 unspecified atom stereocenters. The maximum Gasteiger partial charge on any atom is 0.141 e. The van der Waals surface area contributed by atoms with E-state index >= 15 is 0 Å². The molecule has 0 spiro atoms. The van der Waals surface area contributed by atoms with Gasteiger partial charge in [-0.05, 0) is 18.6 Å². The van der Waals surface area contributed by atoms with Gasteiger partial charge in [0.05, 0.1) is 30.0 Å². The standard InChI is InChI=1S/C19H16Cl3N3O2/c1-26-13-8-14(27-2)18(22)16(17(13)21)12-6-10-9-23-15(20)7-11(10)19(24-12)25-4-3-5-25/h6-9H,3-5H2,1-2H3. The van der Waals surface area contributed by atoms with Crippen LogP contribution in [0.2, 0.25) is 15.2 Å². The molecule has 1 aromatic carbocycles. The Hall–Kier alpha value is -1.95. The second kappa shape index (κ2) is 7.23. The molecule has 0 saturated carbocycles. The van der Waals surface area contributed by atoms with Crippen LogP contribution in [-0.4, -0.2) is 37.3 Å². The molecule has 3 aromatic rings. The van der Waals surface area contributed by atoms with E-state index in [1.165, 1.54) is 0 Å². The lowest BCUT2D eigenvalue weighted by molar-refractivity contribution is 0.395. The Balaban J connectivity index is 2.01. The maximum atomic E-state index is 6.58. The lowest BCUT2D eigenvalue weighted by Gasteiger charge is -2.33. The number of nitrogens with zero attached hydrogens (tertiary/aromatic N) is 3. The number of hydrogen-bond acceptors (Lipinski definition) is 5. The predicted octanol–water partition coefficient (Wildman–Crippen LogP) is 5.48. The highest BCUT2D eigenvalue weighted by molar-refractivity contribution is 6.41. The summed E-state index contributed by atoms with van der Waals surface area (Å²) in [6.07, 6.45) is 2.85. The molecule has 1 aliphatic rings. The molecule has 1 fully saturated rings. The van der Waals surface area contributed by atoms with Gasteiger partial charge in [0.25, 0.3) is 0 Å². The van der Waals surface area contributed by atoms with Crippen molar-refractivity contribution in [3.05, 3.63) is 39.6 Å². The molecule has 0 aliphatic carbocycles. The molecule has 27 heavy (non-hydrogen) atoms. The van der Waals surface area contributed by atoms with Crippen molar-refractivity contribution in [2.75, 3.05) is 32.2 Å². The highest BCUT2D eigenvalue weighted by atomic mass is 35.5. The van der Waals surface area contributed by atoms with Crippen molar-refractivity contribution in [1.82, 2.24) is 9.97 Å². The molecule has 0 N–H and O–H groups in total. The van der Waals surface area contributed by atoms with Crippen LogP contribution in [0.3, 0.4) is 0 Å². The van der Waals surface area contributed by atoms with Crippen LogP contribution in [0.15, 0.2) is 24.4 Å². The largest absolute Gasteiger partial charge is 0.495 e. The highest BCUT2D eigenvalue weighted by Crippen LogP contribution is 2.46. The zero-order valence-electron chi connectivity index (χ0n) is 14.7. The first-order chi connectivity index (χ1) is 13.0. The fraction of sp³-hybridized carbons (Fsp3) is 0.263. The molecule has 2 aromatic heterocycles. The number of aromatic nitrogens is 2.